The van der Waals surface area contributed by atoms with Gasteiger partial charge in [0.05, 0.1) is 0 Å². The standard InChI is InChI=1S/C14H10F4O3/c1-20-13(15,14(16,17)18)12(19)21-11-7-6-9-4-2-3-5-10(9)8-11/h2-8H,1H3/t13-/m0/s1. The Balaban J connectivity index is 2.29. The first-order chi connectivity index (χ1) is 9.78. The van der Waals surface area contributed by atoms with Crippen LogP contribution in [0, 0.1) is 0 Å². The van der Waals surface area contributed by atoms with E-state index >= 15 is 0 Å². The maximum atomic E-state index is 13.6. The number of carbonyl (C=O) groups excluding carboxylic acids is 1. The highest BCUT2D eigenvalue weighted by atomic mass is 19.4. The van der Waals surface area contributed by atoms with E-state index < -0.39 is 18.0 Å². The molecule has 0 aromatic heterocycles. The molecule has 1 atom stereocenters. The van der Waals surface area contributed by atoms with Crippen molar-refractivity contribution in [2.24, 2.45) is 0 Å². The summed E-state index contributed by atoms with van der Waals surface area (Å²) in [6, 6.07) is 11.1. The van der Waals surface area contributed by atoms with Gasteiger partial charge in [-0.1, -0.05) is 30.3 Å². The minimum absolute atomic E-state index is 0.206. The number of alkyl halides is 4. The molecule has 0 bridgehead atoms. The molecule has 0 aliphatic heterocycles. The quantitative estimate of drug-likeness (QED) is 0.493. The van der Waals surface area contributed by atoms with E-state index in [0.717, 1.165) is 5.39 Å². The summed E-state index contributed by atoms with van der Waals surface area (Å²) in [6.45, 7) is 0. The van der Waals surface area contributed by atoms with Crippen LogP contribution < -0.4 is 4.74 Å². The largest absolute Gasteiger partial charge is 0.460 e. The van der Waals surface area contributed by atoms with Crippen LogP contribution in [0.4, 0.5) is 17.6 Å². The fraction of sp³-hybridized carbons (Fsp3) is 0.214. The molecular formula is C14H10F4O3. The predicted octanol–water partition coefficient (Wildman–Crippen LogP) is 3.62. The Morgan fingerprint density at radius 2 is 1.62 bits per heavy atom. The molecule has 0 aliphatic rings. The number of carbonyl (C=O) groups is 1. The zero-order valence-corrected chi connectivity index (χ0v) is 10.8. The normalized spacial score (nSPS) is 14.7. The van der Waals surface area contributed by atoms with Crippen molar-refractivity contribution in [3.8, 4) is 5.75 Å². The van der Waals surface area contributed by atoms with Gasteiger partial charge in [-0.05, 0) is 22.9 Å². The lowest BCUT2D eigenvalue weighted by molar-refractivity contribution is -0.313. The number of halogens is 4. The lowest BCUT2D eigenvalue weighted by atomic mass is 10.1. The molecule has 3 nitrogen and oxygen atoms in total. The van der Waals surface area contributed by atoms with Crippen molar-refractivity contribution >= 4 is 16.7 Å². The molecule has 0 radical (unpaired) electrons. The predicted molar refractivity (Wildman–Crippen MR) is 66.5 cm³/mol. The van der Waals surface area contributed by atoms with Crippen molar-refractivity contribution in [2.75, 3.05) is 7.11 Å². The van der Waals surface area contributed by atoms with Crippen LogP contribution in [0.5, 0.6) is 5.75 Å². The maximum Gasteiger partial charge on any atom is 0.460 e. The number of hydrogen-bond donors (Lipinski definition) is 0. The van der Waals surface area contributed by atoms with E-state index in [1.165, 1.54) is 18.2 Å². The zero-order chi connectivity index (χ0) is 15.7. The fourth-order valence-corrected chi connectivity index (χ4v) is 1.72. The van der Waals surface area contributed by atoms with Crippen molar-refractivity contribution in [3.63, 3.8) is 0 Å². The number of benzene rings is 2. The van der Waals surface area contributed by atoms with Crippen molar-refractivity contribution in [1.29, 1.82) is 0 Å². The first kappa shape index (κ1) is 15.2. The Morgan fingerprint density at radius 3 is 2.19 bits per heavy atom. The molecule has 2 rings (SSSR count). The molecule has 0 heterocycles. The Morgan fingerprint density at radius 1 is 1.00 bits per heavy atom. The average molecular weight is 302 g/mol. The Bertz CT molecular complexity index is 669. The molecule has 0 aliphatic carbocycles. The maximum absolute atomic E-state index is 13.6. The minimum Gasteiger partial charge on any atom is -0.422 e. The Hall–Kier alpha value is -2.15. The van der Waals surface area contributed by atoms with Crippen molar-refractivity contribution < 1.29 is 31.8 Å². The first-order valence-corrected chi connectivity index (χ1v) is 5.80. The van der Waals surface area contributed by atoms with Gasteiger partial charge in [0.15, 0.2) is 0 Å². The van der Waals surface area contributed by atoms with Crippen LogP contribution in [0.1, 0.15) is 0 Å². The van der Waals surface area contributed by atoms with Gasteiger partial charge in [-0.2, -0.15) is 17.6 Å². The third-order valence-electron chi connectivity index (χ3n) is 2.84. The van der Waals surface area contributed by atoms with Crippen LogP contribution in [-0.2, 0) is 9.53 Å². The smallest absolute Gasteiger partial charge is 0.422 e. The molecule has 0 N–H and O–H groups in total. The van der Waals surface area contributed by atoms with Gasteiger partial charge in [0.25, 0.3) is 0 Å². The summed E-state index contributed by atoms with van der Waals surface area (Å²) in [7, 11) is 0.440. The van der Waals surface area contributed by atoms with Gasteiger partial charge in [0, 0.05) is 7.11 Å². The molecule has 0 amide bonds. The lowest BCUT2D eigenvalue weighted by Gasteiger charge is -2.23. The van der Waals surface area contributed by atoms with Crippen LogP contribution in [0.15, 0.2) is 42.5 Å². The van der Waals surface area contributed by atoms with E-state index in [1.807, 2.05) is 0 Å². The van der Waals surface area contributed by atoms with Crippen molar-refractivity contribution in [2.45, 2.75) is 12.0 Å². The summed E-state index contributed by atoms with van der Waals surface area (Å²) in [4.78, 5) is 11.4. The van der Waals surface area contributed by atoms with Crippen LogP contribution in [0.2, 0.25) is 0 Å². The highest BCUT2D eigenvalue weighted by molar-refractivity contribution is 5.86. The molecule has 21 heavy (non-hydrogen) atoms. The van der Waals surface area contributed by atoms with Crippen LogP contribution in [0.25, 0.3) is 10.8 Å². The van der Waals surface area contributed by atoms with Crippen molar-refractivity contribution in [1.82, 2.24) is 0 Å². The second-order valence-corrected chi connectivity index (χ2v) is 4.20. The monoisotopic (exact) mass is 302 g/mol. The summed E-state index contributed by atoms with van der Waals surface area (Å²) in [5, 5.41) is 1.43. The molecule has 2 aromatic carbocycles. The van der Waals surface area contributed by atoms with E-state index in [9.17, 15) is 22.4 Å². The second-order valence-electron chi connectivity index (χ2n) is 4.20. The van der Waals surface area contributed by atoms with Gasteiger partial charge >= 0.3 is 18.0 Å². The van der Waals surface area contributed by atoms with E-state index in [1.54, 1.807) is 24.3 Å². The summed E-state index contributed by atoms with van der Waals surface area (Å²) >= 11 is 0. The minimum atomic E-state index is -5.53. The number of ether oxygens (including phenoxy) is 2. The van der Waals surface area contributed by atoms with Crippen LogP contribution in [0.3, 0.4) is 0 Å². The number of rotatable bonds is 3. The Kier molecular flexibility index (Phi) is 3.87. The first-order valence-electron chi connectivity index (χ1n) is 5.80. The van der Waals surface area contributed by atoms with Gasteiger partial charge in [-0.25, -0.2) is 4.79 Å². The molecule has 2 aromatic rings. The van der Waals surface area contributed by atoms with E-state index in [0.29, 0.717) is 12.5 Å². The molecule has 0 spiro atoms. The number of hydrogen-bond acceptors (Lipinski definition) is 3. The molecule has 7 heteroatoms. The van der Waals surface area contributed by atoms with E-state index in [4.69, 9.17) is 0 Å². The van der Waals surface area contributed by atoms with Gasteiger partial charge in [0.1, 0.15) is 5.75 Å². The average Bonchev–Trinajstić information content (AvgIpc) is 2.44. The van der Waals surface area contributed by atoms with Gasteiger partial charge in [0.2, 0.25) is 0 Å². The molecule has 0 unspecified atom stereocenters. The van der Waals surface area contributed by atoms with Gasteiger partial charge in [-0.15, -0.1) is 0 Å². The molecule has 0 saturated heterocycles. The van der Waals surface area contributed by atoms with E-state index in [-0.39, 0.29) is 5.75 Å². The van der Waals surface area contributed by atoms with Crippen LogP contribution in [-0.4, -0.2) is 25.1 Å². The fourth-order valence-electron chi connectivity index (χ4n) is 1.72. The molecular weight excluding hydrogens is 292 g/mol. The van der Waals surface area contributed by atoms with E-state index in [2.05, 4.69) is 9.47 Å². The summed E-state index contributed by atoms with van der Waals surface area (Å²) in [5.74, 6) is -6.88. The summed E-state index contributed by atoms with van der Waals surface area (Å²) < 4.78 is 59.2. The third-order valence-corrected chi connectivity index (χ3v) is 2.84. The lowest BCUT2D eigenvalue weighted by Crippen LogP contribution is -2.51. The number of fused-ring (bicyclic) bond motifs is 1. The number of methoxy groups -OCH3 is 1. The van der Waals surface area contributed by atoms with Gasteiger partial charge < -0.3 is 9.47 Å². The summed E-state index contributed by atoms with van der Waals surface area (Å²) in [6.07, 6.45) is -5.53. The molecule has 112 valence electrons. The summed E-state index contributed by atoms with van der Waals surface area (Å²) in [5.41, 5.74) is 0. The van der Waals surface area contributed by atoms with Crippen LogP contribution >= 0.6 is 0 Å². The second kappa shape index (κ2) is 5.33. The highest BCUT2D eigenvalue weighted by Crippen LogP contribution is 2.36. The topological polar surface area (TPSA) is 35.5 Å². The molecule has 0 saturated carbocycles. The van der Waals surface area contributed by atoms with Crippen molar-refractivity contribution in [3.05, 3.63) is 42.5 Å². The molecule has 0 fully saturated rings. The highest BCUT2D eigenvalue weighted by Gasteiger charge is 2.64. The zero-order valence-electron chi connectivity index (χ0n) is 10.8. The Labute approximate surface area is 117 Å². The number of esters is 1. The third kappa shape index (κ3) is 2.82. The SMILES string of the molecule is CO[C@@](F)(C(=O)Oc1ccc2ccccc2c1)C(F)(F)F. The van der Waals surface area contributed by atoms with Gasteiger partial charge in [-0.3, -0.25) is 0 Å².